The Balaban J connectivity index is 1.30. The van der Waals surface area contributed by atoms with Gasteiger partial charge in [0, 0.05) is 48.9 Å². The molecule has 1 spiro atoms. The van der Waals surface area contributed by atoms with Gasteiger partial charge >= 0.3 is 12.0 Å². The standard InChI is InChI=1S/C25H24N8O4S2/c1-16-3-5-18(6-4-16)39(35,36)33-10-7-19-20(17(13-26)14-27-21(19)33)31-11-8-25(15-31)9-12-32(25)24(34)29-23-28-22(37-2)30-38-23/h3-7,10,14H,8-9,11-12,15H2,1-2H3,(H,28,29,30,34). The Labute approximate surface area is 228 Å². The molecule has 200 valence electrons. The summed E-state index contributed by atoms with van der Waals surface area (Å²) in [5, 5.41) is 13.6. The molecule has 2 amide bonds. The number of hydrogen-bond acceptors (Lipinski definition) is 10. The summed E-state index contributed by atoms with van der Waals surface area (Å²) < 4.78 is 37.0. The van der Waals surface area contributed by atoms with Gasteiger partial charge in [-0.2, -0.15) is 10.2 Å². The van der Waals surface area contributed by atoms with E-state index in [-0.39, 0.29) is 22.6 Å². The zero-order valence-electron chi connectivity index (χ0n) is 21.2. The van der Waals surface area contributed by atoms with Gasteiger partial charge in [-0.1, -0.05) is 17.7 Å². The first-order valence-corrected chi connectivity index (χ1v) is 14.4. The van der Waals surface area contributed by atoms with Crippen LogP contribution in [-0.4, -0.2) is 69.9 Å². The molecule has 2 aliphatic heterocycles. The van der Waals surface area contributed by atoms with Gasteiger partial charge in [0.25, 0.3) is 10.0 Å². The molecular formula is C25H24N8O4S2. The number of carbonyl (C=O) groups is 1. The number of likely N-dealkylation sites (tertiary alicyclic amines) is 1. The third kappa shape index (κ3) is 4.05. The van der Waals surface area contributed by atoms with Crippen molar-refractivity contribution in [2.45, 2.75) is 30.2 Å². The summed E-state index contributed by atoms with van der Waals surface area (Å²) in [5.41, 5.74) is 1.77. The number of nitriles is 1. The van der Waals surface area contributed by atoms with Crippen LogP contribution in [0.15, 0.2) is 47.6 Å². The first-order valence-electron chi connectivity index (χ1n) is 12.2. The van der Waals surface area contributed by atoms with Crippen molar-refractivity contribution >= 4 is 49.4 Å². The topological polar surface area (TPSA) is 146 Å². The minimum atomic E-state index is -3.89. The molecule has 39 heavy (non-hydrogen) atoms. The highest BCUT2D eigenvalue weighted by atomic mass is 32.2. The average molecular weight is 565 g/mol. The smallest absolute Gasteiger partial charge is 0.329 e. The zero-order valence-corrected chi connectivity index (χ0v) is 22.8. The Morgan fingerprint density at radius 1 is 1.21 bits per heavy atom. The Bertz CT molecular complexity index is 1740. The number of pyridine rings is 1. The second kappa shape index (κ2) is 9.21. The lowest BCUT2D eigenvalue weighted by atomic mass is 9.84. The van der Waals surface area contributed by atoms with E-state index < -0.39 is 15.6 Å². The fraction of sp³-hybridized carbons (Fsp3) is 0.320. The van der Waals surface area contributed by atoms with E-state index in [1.165, 1.54) is 19.5 Å². The van der Waals surface area contributed by atoms with E-state index in [9.17, 15) is 18.5 Å². The van der Waals surface area contributed by atoms with E-state index in [2.05, 4.69) is 30.6 Å². The number of rotatable bonds is 5. The van der Waals surface area contributed by atoms with Crippen LogP contribution in [0.2, 0.25) is 0 Å². The number of ether oxygens (including phenoxy) is 1. The normalized spacial score (nSPS) is 18.8. The number of aromatic nitrogens is 4. The van der Waals surface area contributed by atoms with Crippen LogP contribution in [0.1, 0.15) is 24.0 Å². The van der Waals surface area contributed by atoms with E-state index >= 15 is 0 Å². The number of anilines is 2. The fourth-order valence-corrected chi connectivity index (χ4v) is 7.15. The number of carbonyl (C=O) groups excluding carboxylic acids is 1. The Kier molecular flexibility index (Phi) is 5.92. The van der Waals surface area contributed by atoms with Crippen LogP contribution in [0.3, 0.4) is 0 Å². The SMILES string of the molecule is COc1nsc(NC(=O)N2CCC23CCN(c2c(C#N)cnc4c2ccn4S(=O)(=O)c2ccc(C)cc2)C3)n1. The second-order valence-corrected chi connectivity index (χ2v) is 12.2. The second-order valence-electron chi connectivity index (χ2n) is 9.61. The van der Waals surface area contributed by atoms with Crippen molar-refractivity contribution < 1.29 is 17.9 Å². The van der Waals surface area contributed by atoms with Crippen molar-refractivity contribution in [2.24, 2.45) is 0 Å². The summed E-state index contributed by atoms with van der Waals surface area (Å²) in [4.78, 5) is 25.5. The van der Waals surface area contributed by atoms with Gasteiger partial charge in [0.15, 0.2) is 5.65 Å². The monoisotopic (exact) mass is 564 g/mol. The molecule has 12 nitrogen and oxygen atoms in total. The zero-order chi connectivity index (χ0) is 27.4. The number of nitrogens with one attached hydrogen (secondary N) is 1. The Morgan fingerprint density at radius 2 is 1.97 bits per heavy atom. The predicted octanol–water partition coefficient (Wildman–Crippen LogP) is 3.20. The molecule has 1 N–H and O–H groups in total. The number of urea groups is 1. The quantitative estimate of drug-likeness (QED) is 0.386. The minimum absolute atomic E-state index is 0.155. The molecule has 1 atom stereocenters. The lowest BCUT2D eigenvalue weighted by Gasteiger charge is -2.50. The molecule has 6 rings (SSSR count). The molecule has 14 heteroatoms. The highest BCUT2D eigenvalue weighted by Gasteiger charge is 2.52. The highest BCUT2D eigenvalue weighted by Crippen LogP contribution is 2.43. The molecule has 0 radical (unpaired) electrons. The minimum Gasteiger partial charge on any atom is -0.466 e. The maximum atomic E-state index is 13.4. The summed E-state index contributed by atoms with van der Waals surface area (Å²) in [6, 6.07) is 10.5. The van der Waals surface area contributed by atoms with Gasteiger partial charge in [-0.3, -0.25) is 5.32 Å². The van der Waals surface area contributed by atoms with Gasteiger partial charge in [-0.15, -0.1) is 4.37 Å². The van der Waals surface area contributed by atoms with Gasteiger partial charge in [-0.25, -0.2) is 22.2 Å². The predicted molar refractivity (Wildman–Crippen MR) is 145 cm³/mol. The molecule has 0 saturated carbocycles. The maximum Gasteiger partial charge on any atom is 0.329 e. The maximum absolute atomic E-state index is 13.4. The number of hydrogen-bond donors (Lipinski definition) is 1. The van der Waals surface area contributed by atoms with Gasteiger partial charge in [0.05, 0.1) is 28.8 Å². The van der Waals surface area contributed by atoms with Gasteiger partial charge < -0.3 is 14.5 Å². The van der Waals surface area contributed by atoms with Crippen molar-refractivity contribution in [1.29, 1.82) is 5.26 Å². The van der Waals surface area contributed by atoms with Crippen LogP contribution in [0.5, 0.6) is 6.01 Å². The fourth-order valence-electron chi connectivity index (χ4n) is 5.32. The summed E-state index contributed by atoms with van der Waals surface area (Å²) in [6.45, 7) is 3.59. The van der Waals surface area contributed by atoms with Crippen LogP contribution in [0, 0.1) is 18.3 Å². The molecule has 1 aromatic carbocycles. The van der Waals surface area contributed by atoms with Crippen molar-refractivity contribution in [3.63, 3.8) is 0 Å². The number of aryl methyl sites for hydroxylation is 1. The summed E-state index contributed by atoms with van der Waals surface area (Å²) in [5.74, 6) is 0. The van der Waals surface area contributed by atoms with Crippen LogP contribution in [0.4, 0.5) is 15.6 Å². The van der Waals surface area contributed by atoms with Gasteiger partial charge in [-0.05, 0) is 38.0 Å². The van der Waals surface area contributed by atoms with Crippen molar-refractivity contribution in [3.8, 4) is 12.1 Å². The largest absolute Gasteiger partial charge is 0.466 e. The first kappa shape index (κ1) is 25.1. The number of methoxy groups -OCH3 is 1. The molecule has 1 unspecified atom stereocenters. The van der Waals surface area contributed by atoms with Crippen molar-refractivity contribution in [3.05, 3.63) is 53.9 Å². The highest BCUT2D eigenvalue weighted by molar-refractivity contribution is 7.90. The third-order valence-electron chi connectivity index (χ3n) is 7.42. The van der Waals surface area contributed by atoms with E-state index in [4.69, 9.17) is 4.74 Å². The lowest BCUT2D eigenvalue weighted by molar-refractivity contribution is 0.0480. The van der Waals surface area contributed by atoms with Crippen LogP contribution in [0.25, 0.3) is 11.0 Å². The average Bonchev–Trinajstić information content (AvgIpc) is 3.66. The third-order valence-corrected chi connectivity index (χ3v) is 9.72. The lowest BCUT2D eigenvalue weighted by Crippen LogP contribution is -2.64. The van der Waals surface area contributed by atoms with Gasteiger partial charge in [0.1, 0.15) is 6.07 Å². The molecule has 2 aliphatic rings. The van der Waals surface area contributed by atoms with E-state index in [0.29, 0.717) is 47.8 Å². The van der Waals surface area contributed by atoms with Gasteiger partial charge in [0.2, 0.25) is 5.13 Å². The number of nitrogens with zero attached hydrogens (tertiary/aromatic N) is 7. The van der Waals surface area contributed by atoms with E-state index in [0.717, 1.165) is 27.5 Å². The molecule has 0 bridgehead atoms. The van der Waals surface area contributed by atoms with Crippen molar-refractivity contribution in [2.75, 3.05) is 37.0 Å². The number of fused-ring (bicyclic) bond motifs is 1. The first-order chi connectivity index (χ1) is 18.8. The molecule has 5 heterocycles. The summed E-state index contributed by atoms with van der Waals surface area (Å²) in [7, 11) is -2.43. The Hall–Kier alpha value is -4.22. The molecule has 0 aliphatic carbocycles. The van der Waals surface area contributed by atoms with Crippen LogP contribution < -0.4 is 15.0 Å². The van der Waals surface area contributed by atoms with Crippen LogP contribution in [-0.2, 0) is 10.0 Å². The molecular weight excluding hydrogens is 540 g/mol. The molecule has 3 aromatic heterocycles. The van der Waals surface area contributed by atoms with Crippen LogP contribution >= 0.6 is 11.5 Å². The number of amides is 2. The number of benzene rings is 1. The Morgan fingerprint density at radius 3 is 2.64 bits per heavy atom. The van der Waals surface area contributed by atoms with Crippen molar-refractivity contribution in [1.82, 2.24) is 23.2 Å². The molecule has 4 aromatic rings. The molecule has 2 fully saturated rings. The van der Waals surface area contributed by atoms with E-state index in [1.807, 2.05) is 6.92 Å². The summed E-state index contributed by atoms with van der Waals surface area (Å²) in [6.07, 6.45) is 4.41. The molecule has 2 saturated heterocycles. The van der Waals surface area contributed by atoms with E-state index in [1.54, 1.807) is 35.2 Å². The summed E-state index contributed by atoms with van der Waals surface area (Å²) >= 11 is 1.04.